The number of fused-ring (bicyclic) bond motifs is 1. The molecule has 3 heteroatoms. The average Bonchev–Trinajstić information content (AvgIpc) is 2.76. The molecule has 0 radical (unpaired) electrons. The molecule has 90 valence electrons. The maximum absolute atomic E-state index is 7.00. The van der Waals surface area contributed by atoms with Gasteiger partial charge in [-0.05, 0) is 25.1 Å². The molecule has 2 aromatic rings. The molecule has 1 aromatic carbocycles. The Morgan fingerprint density at radius 2 is 1.81 bits per heavy atom. The third kappa shape index (κ3) is 3.68. The summed E-state index contributed by atoms with van der Waals surface area (Å²) in [6.45, 7) is 6.80. The first-order chi connectivity index (χ1) is 7.79. The number of benzene rings is 1. The van der Waals surface area contributed by atoms with Crippen molar-refractivity contribution in [2.75, 3.05) is 7.11 Å². The Bertz CT molecular complexity index is 407. The van der Waals surface area contributed by atoms with Crippen molar-refractivity contribution in [1.82, 2.24) is 0 Å². The van der Waals surface area contributed by atoms with Crippen molar-refractivity contribution >= 4 is 11.0 Å². The highest BCUT2D eigenvalue weighted by Crippen LogP contribution is 2.19. The molecule has 0 bridgehead atoms. The molecule has 4 N–H and O–H groups in total. The number of rotatable bonds is 1. The van der Waals surface area contributed by atoms with E-state index >= 15 is 0 Å². The average molecular weight is 224 g/mol. The molecule has 3 nitrogen and oxygen atoms in total. The van der Waals surface area contributed by atoms with E-state index in [1.807, 2.05) is 19.9 Å². The first-order valence-electron chi connectivity index (χ1n) is 5.52. The lowest BCUT2D eigenvalue weighted by atomic mass is 10.2. The molecule has 16 heavy (non-hydrogen) atoms. The molecule has 0 unspecified atom stereocenters. The Morgan fingerprint density at radius 1 is 1.19 bits per heavy atom. The van der Waals surface area contributed by atoms with E-state index in [1.54, 1.807) is 0 Å². The van der Waals surface area contributed by atoms with Crippen LogP contribution in [0.25, 0.3) is 11.0 Å². The third-order valence-corrected chi connectivity index (χ3v) is 1.97. The maximum Gasteiger partial charge on any atom is 0.159 e. The van der Waals surface area contributed by atoms with Gasteiger partial charge in [-0.25, -0.2) is 0 Å². The van der Waals surface area contributed by atoms with Crippen LogP contribution in [-0.4, -0.2) is 12.2 Å². The van der Waals surface area contributed by atoms with E-state index < -0.39 is 0 Å². The Balaban J connectivity index is 0.000000509. The van der Waals surface area contributed by atoms with Crippen LogP contribution in [0.3, 0.4) is 0 Å². The van der Waals surface area contributed by atoms with Crippen LogP contribution in [-0.2, 0) is 6.54 Å². The van der Waals surface area contributed by atoms with Crippen molar-refractivity contribution in [2.45, 2.75) is 27.3 Å². The number of quaternary nitrogens is 1. The smallest absolute Gasteiger partial charge is 0.159 e. The summed E-state index contributed by atoms with van der Waals surface area (Å²) in [4.78, 5) is 0. The zero-order valence-corrected chi connectivity index (χ0v) is 10.6. The predicted octanol–water partition coefficient (Wildman–Crippen LogP) is 2.12. The first kappa shape index (κ1) is 14.7. The van der Waals surface area contributed by atoms with Gasteiger partial charge in [0.05, 0.1) is 0 Å². The molecule has 0 aliphatic heterocycles. The lowest BCUT2D eigenvalue weighted by Crippen LogP contribution is -2.47. The van der Waals surface area contributed by atoms with E-state index in [0.717, 1.165) is 18.5 Å². The third-order valence-electron chi connectivity index (χ3n) is 1.97. The highest BCUT2D eigenvalue weighted by molar-refractivity contribution is 5.78. The monoisotopic (exact) mass is 224 g/mol. The van der Waals surface area contributed by atoms with E-state index in [-0.39, 0.29) is 0 Å². The van der Waals surface area contributed by atoms with E-state index in [1.165, 1.54) is 10.9 Å². The van der Waals surface area contributed by atoms with Crippen LogP contribution in [0.2, 0.25) is 0 Å². The van der Waals surface area contributed by atoms with Gasteiger partial charge >= 0.3 is 0 Å². The number of hydrogen-bond donors (Lipinski definition) is 2. The van der Waals surface area contributed by atoms with E-state index in [4.69, 9.17) is 9.52 Å². The number of furan rings is 1. The number of aryl methyl sites for hydroxylation is 1. The lowest BCUT2D eigenvalue weighted by molar-refractivity contribution is -0.390. The standard InChI is InChI=1S/C10H11NO.C2H6.CH4O/c1-7-2-3-10-8(4-7)5-9(6-11)12-10;2*1-2/h2-5H,6,11H2,1H3;1-2H3;2H,1H3/p+1. The van der Waals surface area contributed by atoms with Crippen molar-refractivity contribution in [3.63, 3.8) is 0 Å². The van der Waals surface area contributed by atoms with Gasteiger partial charge < -0.3 is 15.3 Å². The Hall–Kier alpha value is -1.32. The van der Waals surface area contributed by atoms with Gasteiger partial charge in [-0.2, -0.15) is 0 Å². The van der Waals surface area contributed by atoms with Crippen molar-refractivity contribution in [1.29, 1.82) is 0 Å². The lowest BCUT2D eigenvalue weighted by Gasteiger charge is -1.89. The molecule has 1 aromatic heterocycles. The molecule has 0 atom stereocenters. The minimum Gasteiger partial charge on any atom is -0.455 e. The number of hydrogen-bond acceptors (Lipinski definition) is 2. The quantitative estimate of drug-likeness (QED) is 0.779. The highest BCUT2D eigenvalue weighted by atomic mass is 16.3. The molecule has 0 amide bonds. The van der Waals surface area contributed by atoms with Gasteiger partial charge in [-0.1, -0.05) is 25.5 Å². The molecule has 2 rings (SSSR count). The number of aliphatic hydroxyl groups excluding tert-OH is 1. The van der Waals surface area contributed by atoms with Crippen LogP contribution in [0.5, 0.6) is 0 Å². The van der Waals surface area contributed by atoms with Gasteiger partial charge in [0.2, 0.25) is 0 Å². The van der Waals surface area contributed by atoms with Crippen LogP contribution in [0.4, 0.5) is 0 Å². The fourth-order valence-corrected chi connectivity index (χ4v) is 1.34. The van der Waals surface area contributed by atoms with E-state index in [9.17, 15) is 0 Å². The van der Waals surface area contributed by atoms with Crippen LogP contribution >= 0.6 is 0 Å². The maximum atomic E-state index is 7.00. The summed E-state index contributed by atoms with van der Waals surface area (Å²) < 4.78 is 5.51. The minimum absolute atomic E-state index is 0.716. The minimum atomic E-state index is 0.716. The summed E-state index contributed by atoms with van der Waals surface area (Å²) in [5.74, 6) is 0.954. The van der Waals surface area contributed by atoms with Crippen molar-refractivity contribution < 1.29 is 15.3 Å². The molecular weight excluding hydrogens is 202 g/mol. The molecule has 0 spiro atoms. The van der Waals surface area contributed by atoms with Crippen LogP contribution in [0.15, 0.2) is 28.7 Å². The Labute approximate surface area is 96.9 Å². The zero-order valence-electron chi connectivity index (χ0n) is 10.6. The number of aliphatic hydroxyl groups is 1. The predicted molar refractivity (Wildman–Crippen MR) is 67.0 cm³/mol. The second kappa shape index (κ2) is 7.91. The summed E-state index contributed by atoms with van der Waals surface area (Å²) in [6, 6.07) is 8.23. The van der Waals surface area contributed by atoms with Crippen LogP contribution in [0.1, 0.15) is 25.2 Å². The van der Waals surface area contributed by atoms with Gasteiger partial charge in [0.1, 0.15) is 12.1 Å². The molecule has 0 fully saturated rings. The second-order valence-corrected chi connectivity index (χ2v) is 3.00. The molecule has 0 aliphatic rings. The summed E-state index contributed by atoms with van der Waals surface area (Å²) >= 11 is 0. The Morgan fingerprint density at radius 3 is 2.38 bits per heavy atom. The molecule has 0 saturated heterocycles. The zero-order chi connectivity index (χ0) is 12.6. The molecular formula is C13H22NO2+. The van der Waals surface area contributed by atoms with Crippen molar-refractivity contribution in [2.24, 2.45) is 0 Å². The summed E-state index contributed by atoms with van der Waals surface area (Å²) in [6.07, 6.45) is 0. The molecule has 0 saturated carbocycles. The van der Waals surface area contributed by atoms with Gasteiger partial charge in [0.25, 0.3) is 0 Å². The topological polar surface area (TPSA) is 61.0 Å². The van der Waals surface area contributed by atoms with Crippen LogP contribution in [0, 0.1) is 6.92 Å². The van der Waals surface area contributed by atoms with Crippen molar-refractivity contribution in [3.05, 3.63) is 35.6 Å². The fraction of sp³-hybridized carbons (Fsp3) is 0.385. The largest absolute Gasteiger partial charge is 0.455 e. The highest BCUT2D eigenvalue weighted by Gasteiger charge is 2.02. The van der Waals surface area contributed by atoms with Gasteiger partial charge in [0.15, 0.2) is 5.76 Å². The van der Waals surface area contributed by atoms with Gasteiger partial charge in [-0.15, -0.1) is 0 Å². The van der Waals surface area contributed by atoms with Crippen molar-refractivity contribution in [3.8, 4) is 0 Å². The summed E-state index contributed by atoms with van der Waals surface area (Å²) in [7, 11) is 1.00. The van der Waals surface area contributed by atoms with E-state index in [0.29, 0.717) is 6.54 Å². The Kier molecular flexibility index (Phi) is 7.25. The van der Waals surface area contributed by atoms with Gasteiger partial charge in [-0.3, -0.25) is 0 Å². The van der Waals surface area contributed by atoms with E-state index in [2.05, 4.69) is 30.9 Å². The first-order valence-corrected chi connectivity index (χ1v) is 5.52. The second-order valence-electron chi connectivity index (χ2n) is 3.00. The van der Waals surface area contributed by atoms with Crippen LogP contribution < -0.4 is 5.73 Å². The SMILES string of the molecule is CC.CO.Cc1ccc2oc(C[NH3+])cc2c1. The fourth-order valence-electron chi connectivity index (χ4n) is 1.34. The molecule has 1 heterocycles. The van der Waals surface area contributed by atoms with Gasteiger partial charge in [0, 0.05) is 12.5 Å². The normalized spacial score (nSPS) is 8.88. The molecule has 0 aliphatic carbocycles. The summed E-state index contributed by atoms with van der Waals surface area (Å²) in [5, 5.41) is 8.17. The summed E-state index contributed by atoms with van der Waals surface area (Å²) in [5.41, 5.74) is 6.00.